The van der Waals surface area contributed by atoms with E-state index in [2.05, 4.69) is 0 Å². The van der Waals surface area contributed by atoms with Crippen LogP contribution in [0.5, 0.6) is 0 Å². The van der Waals surface area contributed by atoms with Crippen molar-refractivity contribution < 1.29 is 19.5 Å². The number of nitrogens with zero attached hydrogens (tertiary/aromatic N) is 2. The summed E-state index contributed by atoms with van der Waals surface area (Å²) in [6, 6.07) is 7.59. The second-order valence-corrected chi connectivity index (χ2v) is 7.41. The maximum atomic E-state index is 13.2. The van der Waals surface area contributed by atoms with Gasteiger partial charge < -0.3 is 14.9 Å². The van der Waals surface area contributed by atoms with Gasteiger partial charge in [0.1, 0.15) is 12.1 Å². The normalized spacial score (nSPS) is 26.1. The molecule has 140 valence electrons. The first-order valence-corrected chi connectivity index (χ1v) is 9.29. The van der Waals surface area contributed by atoms with Crippen LogP contribution in [0.25, 0.3) is 0 Å². The first kappa shape index (κ1) is 18.4. The molecular weight excluding hydrogens is 332 g/mol. The maximum absolute atomic E-state index is 13.2. The summed E-state index contributed by atoms with van der Waals surface area (Å²) >= 11 is 0. The van der Waals surface area contributed by atoms with Gasteiger partial charge in [-0.15, -0.1) is 0 Å². The van der Waals surface area contributed by atoms with Crippen molar-refractivity contribution in [2.75, 3.05) is 7.05 Å². The van der Waals surface area contributed by atoms with Gasteiger partial charge in [0.25, 0.3) is 5.91 Å². The first-order chi connectivity index (χ1) is 12.4. The molecule has 26 heavy (non-hydrogen) atoms. The summed E-state index contributed by atoms with van der Waals surface area (Å²) in [5, 5.41) is 9.23. The lowest BCUT2D eigenvalue weighted by Crippen LogP contribution is -2.52. The minimum absolute atomic E-state index is 0.0685. The Morgan fingerprint density at radius 2 is 1.81 bits per heavy atom. The van der Waals surface area contributed by atoms with E-state index < -0.39 is 18.1 Å². The third-order valence-corrected chi connectivity index (χ3v) is 5.91. The van der Waals surface area contributed by atoms with Crippen LogP contribution in [0.1, 0.15) is 49.4 Å². The molecule has 1 N–H and O–H groups in total. The number of amides is 2. The first-order valence-electron chi connectivity index (χ1n) is 9.29. The van der Waals surface area contributed by atoms with Crippen LogP contribution < -0.4 is 0 Å². The number of rotatable bonds is 4. The van der Waals surface area contributed by atoms with Crippen LogP contribution in [-0.4, -0.2) is 57.9 Å². The molecule has 1 aliphatic heterocycles. The lowest BCUT2D eigenvalue weighted by molar-refractivity contribution is -0.149. The summed E-state index contributed by atoms with van der Waals surface area (Å²) in [5.74, 6) is -1.13. The van der Waals surface area contributed by atoms with Crippen molar-refractivity contribution in [3.8, 4) is 0 Å². The van der Waals surface area contributed by atoms with Gasteiger partial charge in [0, 0.05) is 18.7 Å². The number of hydrogen-bond acceptors (Lipinski definition) is 3. The van der Waals surface area contributed by atoms with E-state index >= 15 is 0 Å². The Labute approximate surface area is 153 Å². The fourth-order valence-corrected chi connectivity index (χ4v) is 4.29. The molecule has 0 aromatic heterocycles. The highest BCUT2D eigenvalue weighted by molar-refractivity contribution is 5.98. The Kier molecular flexibility index (Phi) is 5.30. The zero-order valence-electron chi connectivity index (χ0n) is 15.3. The molecule has 1 saturated carbocycles. The number of carbonyl (C=O) groups is 3. The smallest absolute Gasteiger partial charge is 0.326 e. The van der Waals surface area contributed by atoms with Gasteiger partial charge in [-0.1, -0.05) is 31.0 Å². The molecule has 2 amide bonds. The zero-order chi connectivity index (χ0) is 18.8. The third kappa shape index (κ3) is 3.32. The summed E-state index contributed by atoms with van der Waals surface area (Å²) in [6.07, 6.45) is 4.73. The number of hydrogen-bond donors (Lipinski definition) is 1. The van der Waals surface area contributed by atoms with Gasteiger partial charge in [0.05, 0.1) is 0 Å². The zero-order valence-corrected chi connectivity index (χ0v) is 15.3. The fraction of sp³-hybridized carbons (Fsp3) is 0.550. The predicted octanol–water partition coefficient (Wildman–Crippen LogP) is 2.39. The van der Waals surface area contributed by atoms with Crippen LogP contribution in [0, 0.1) is 5.92 Å². The second kappa shape index (κ2) is 7.48. The molecule has 4 atom stereocenters. The van der Waals surface area contributed by atoms with Crippen molar-refractivity contribution in [1.29, 1.82) is 0 Å². The Bertz CT molecular complexity index is 690. The average molecular weight is 358 g/mol. The number of likely N-dealkylation sites (N-methyl/N-ethyl adjacent to an activating group) is 1. The van der Waals surface area contributed by atoms with Gasteiger partial charge in [-0.2, -0.15) is 0 Å². The lowest BCUT2D eigenvalue weighted by atomic mass is 9.84. The summed E-state index contributed by atoms with van der Waals surface area (Å²) in [5.41, 5.74) is 0.574. The largest absolute Gasteiger partial charge is 0.480 e. The van der Waals surface area contributed by atoms with Crippen molar-refractivity contribution in [3.63, 3.8) is 0 Å². The van der Waals surface area contributed by atoms with Crippen molar-refractivity contribution >= 4 is 17.8 Å². The Hall–Kier alpha value is -2.37. The minimum atomic E-state index is -1.04. The molecule has 2 aliphatic rings. The van der Waals surface area contributed by atoms with Gasteiger partial charge in [-0.05, 0) is 44.2 Å². The number of carboxylic acids is 1. The van der Waals surface area contributed by atoms with E-state index in [0.29, 0.717) is 17.9 Å². The number of aliphatic carboxylic acids is 1. The second-order valence-electron chi connectivity index (χ2n) is 7.41. The van der Waals surface area contributed by atoms with Gasteiger partial charge >= 0.3 is 5.97 Å². The predicted molar refractivity (Wildman–Crippen MR) is 96.6 cm³/mol. The summed E-state index contributed by atoms with van der Waals surface area (Å²) < 4.78 is 0. The number of carbonyl (C=O) groups excluding carboxylic acids is 2. The molecule has 0 radical (unpaired) electrons. The topological polar surface area (TPSA) is 77.9 Å². The number of likely N-dealkylation sites (tertiary alicyclic amines) is 1. The highest BCUT2D eigenvalue weighted by atomic mass is 16.4. The van der Waals surface area contributed by atoms with E-state index in [0.717, 1.165) is 25.7 Å². The van der Waals surface area contributed by atoms with Crippen molar-refractivity contribution in [2.45, 2.75) is 57.2 Å². The molecule has 6 heteroatoms. The van der Waals surface area contributed by atoms with E-state index in [-0.39, 0.29) is 17.9 Å². The van der Waals surface area contributed by atoms with E-state index in [4.69, 9.17) is 0 Å². The number of fused-ring (bicyclic) bond motifs is 1. The molecule has 1 heterocycles. The molecule has 6 nitrogen and oxygen atoms in total. The monoisotopic (exact) mass is 358 g/mol. The van der Waals surface area contributed by atoms with Crippen LogP contribution in [0.4, 0.5) is 0 Å². The van der Waals surface area contributed by atoms with E-state index in [1.54, 1.807) is 17.0 Å². The summed E-state index contributed by atoms with van der Waals surface area (Å²) in [6.45, 7) is 1.49. The van der Waals surface area contributed by atoms with Gasteiger partial charge in [0.2, 0.25) is 5.91 Å². The standard InChI is InChI=1S/C20H26N2O4/c1-13(20(25)26)21(2)19(24)17-12-15-10-6-7-11-16(15)22(17)18(23)14-8-4-3-5-9-14/h3-5,8-9,13,15-17H,6-7,10-12H2,1-2H3,(H,25,26). The van der Waals surface area contributed by atoms with Crippen LogP contribution >= 0.6 is 0 Å². The molecule has 1 aromatic rings. The highest BCUT2D eigenvalue weighted by Crippen LogP contribution is 2.41. The summed E-state index contributed by atoms with van der Waals surface area (Å²) in [4.78, 5) is 40.5. The molecule has 4 unspecified atom stereocenters. The molecular formula is C20H26N2O4. The highest BCUT2D eigenvalue weighted by Gasteiger charge is 2.48. The molecule has 1 aliphatic carbocycles. The minimum Gasteiger partial charge on any atom is -0.480 e. The fourth-order valence-electron chi connectivity index (χ4n) is 4.29. The Morgan fingerprint density at radius 1 is 1.15 bits per heavy atom. The van der Waals surface area contributed by atoms with E-state index in [1.165, 1.54) is 18.9 Å². The van der Waals surface area contributed by atoms with Gasteiger partial charge in [-0.25, -0.2) is 4.79 Å². The Balaban J connectivity index is 1.90. The number of benzene rings is 1. The average Bonchev–Trinajstić information content (AvgIpc) is 3.05. The SMILES string of the molecule is CC(C(=O)O)N(C)C(=O)C1CC2CCCCC2N1C(=O)c1ccccc1. The third-order valence-electron chi connectivity index (χ3n) is 5.91. The van der Waals surface area contributed by atoms with E-state index in [1.807, 2.05) is 18.2 Å². The van der Waals surface area contributed by atoms with Crippen molar-refractivity contribution in [2.24, 2.45) is 5.92 Å². The quantitative estimate of drug-likeness (QED) is 0.896. The van der Waals surface area contributed by atoms with Crippen molar-refractivity contribution in [3.05, 3.63) is 35.9 Å². The molecule has 3 rings (SSSR count). The van der Waals surface area contributed by atoms with Gasteiger partial charge in [-0.3, -0.25) is 9.59 Å². The Morgan fingerprint density at radius 3 is 2.46 bits per heavy atom. The molecule has 0 bridgehead atoms. The lowest BCUT2D eigenvalue weighted by Gasteiger charge is -2.35. The molecule has 1 aromatic carbocycles. The molecule has 0 spiro atoms. The van der Waals surface area contributed by atoms with Gasteiger partial charge in [0.15, 0.2) is 0 Å². The van der Waals surface area contributed by atoms with E-state index in [9.17, 15) is 19.5 Å². The van der Waals surface area contributed by atoms with Crippen LogP contribution in [-0.2, 0) is 9.59 Å². The molecule has 2 fully saturated rings. The molecule has 1 saturated heterocycles. The number of carboxylic acid groups (broad SMARTS) is 1. The van der Waals surface area contributed by atoms with Crippen LogP contribution in [0.2, 0.25) is 0 Å². The van der Waals surface area contributed by atoms with Crippen LogP contribution in [0.3, 0.4) is 0 Å². The maximum Gasteiger partial charge on any atom is 0.326 e. The van der Waals surface area contributed by atoms with Crippen LogP contribution in [0.15, 0.2) is 30.3 Å². The summed E-state index contributed by atoms with van der Waals surface area (Å²) in [7, 11) is 1.51. The van der Waals surface area contributed by atoms with Crippen molar-refractivity contribution in [1.82, 2.24) is 9.80 Å².